The number of nitro groups is 2. The van der Waals surface area contributed by atoms with Crippen molar-refractivity contribution in [3.8, 4) is 11.5 Å². The number of hydrogen-bond acceptors (Lipinski definition) is 7. The van der Waals surface area contributed by atoms with Crippen molar-refractivity contribution in [2.24, 2.45) is 0 Å². The topological polar surface area (TPSA) is 122 Å². The van der Waals surface area contributed by atoms with Gasteiger partial charge in [-0.05, 0) is 6.07 Å². The fourth-order valence-corrected chi connectivity index (χ4v) is 1.43. The average Bonchev–Trinajstić information content (AvgIpc) is 2.35. The fraction of sp³-hybridized carbons (Fsp3) is 0.182. The normalized spacial score (nSPS) is 10.3. The molecular weight excluding hydrogens is 272 g/mol. The minimum absolute atomic E-state index is 0.0498. The third-order valence-corrected chi connectivity index (χ3v) is 2.16. The van der Waals surface area contributed by atoms with Gasteiger partial charge in [-0.2, -0.15) is 0 Å². The standard InChI is InChI=1S/C11H10N2O7/c1-7(14)20-11-8(5-6-12(15)16)9(13(17)18)3-4-10(11)19-2/h3-6H,1-2H3/b6-5+. The molecule has 1 rings (SSSR count). The maximum absolute atomic E-state index is 11.0. The van der Waals surface area contributed by atoms with E-state index in [2.05, 4.69) is 0 Å². The van der Waals surface area contributed by atoms with Crippen LogP contribution in [0.5, 0.6) is 11.5 Å². The molecule has 0 saturated carbocycles. The Morgan fingerprint density at radius 3 is 2.40 bits per heavy atom. The Hall–Kier alpha value is -2.97. The second kappa shape index (κ2) is 6.27. The SMILES string of the molecule is COc1ccc([N+](=O)[O-])c(/C=C/[N+](=O)[O-])c1OC(C)=O. The molecule has 0 aliphatic carbocycles. The van der Waals surface area contributed by atoms with E-state index in [-0.39, 0.29) is 17.1 Å². The van der Waals surface area contributed by atoms with Crippen molar-refractivity contribution in [2.75, 3.05) is 7.11 Å². The summed E-state index contributed by atoms with van der Waals surface area (Å²) in [5.41, 5.74) is -0.665. The molecule has 0 fully saturated rings. The van der Waals surface area contributed by atoms with Crippen LogP contribution >= 0.6 is 0 Å². The highest BCUT2D eigenvalue weighted by Crippen LogP contribution is 2.38. The van der Waals surface area contributed by atoms with Crippen LogP contribution in [0.3, 0.4) is 0 Å². The molecular formula is C11H10N2O7. The number of benzene rings is 1. The van der Waals surface area contributed by atoms with Crippen molar-refractivity contribution in [1.82, 2.24) is 0 Å². The van der Waals surface area contributed by atoms with Crippen LogP contribution in [0.2, 0.25) is 0 Å². The lowest BCUT2D eigenvalue weighted by atomic mass is 10.1. The molecule has 0 saturated heterocycles. The van der Waals surface area contributed by atoms with Gasteiger partial charge in [0.25, 0.3) is 5.69 Å². The monoisotopic (exact) mass is 282 g/mol. The molecule has 0 amide bonds. The zero-order valence-electron chi connectivity index (χ0n) is 10.6. The lowest BCUT2D eigenvalue weighted by Gasteiger charge is -2.10. The van der Waals surface area contributed by atoms with Crippen LogP contribution in [0.4, 0.5) is 5.69 Å². The highest BCUT2D eigenvalue weighted by atomic mass is 16.6. The molecule has 106 valence electrons. The van der Waals surface area contributed by atoms with E-state index in [1.807, 2.05) is 0 Å². The Morgan fingerprint density at radius 1 is 1.30 bits per heavy atom. The molecule has 0 aromatic heterocycles. The molecule has 0 spiro atoms. The van der Waals surface area contributed by atoms with Gasteiger partial charge in [0.15, 0.2) is 11.5 Å². The van der Waals surface area contributed by atoms with Crippen LogP contribution in [0.15, 0.2) is 18.3 Å². The van der Waals surface area contributed by atoms with Crippen LogP contribution < -0.4 is 9.47 Å². The van der Waals surface area contributed by atoms with Crippen LogP contribution in [-0.2, 0) is 4.79 Å². The smallest absolute Gasteiger partial charge is 0.308 e. The Balaban J connectivity index is 3.54. The summed E-state index contributed by atoms with van der Waals surface area (Å²) >= 11 is 0. The number of ether oxygens (including phenoxy) is 2. The summed E-state index contributed by atoms with van der Waals surface area (Å²) in [6.07, 6.45) is 1.38. The largest absolute Gasteiger partial charge is 0.493 e. The Morgan fingerprint density at radius 2 is 1.95 bits per heavy atom. The van der Waals surface area contributed by atoms with Crippen molar-refractivity contribution in [3.05, 3.63) is 44.1 Å². The molecule has 0 bridgehead atoms. The van der Waals surface area contributed by atoms with Crippen molar-refractivity contribution in [3.63, 3.8) is 0 Å². The van der Waals surface area contributed by atoms with Gasteiger partial charge in [-0.25, -0.2) is 0 Å². The molecule has 0 radical (unpaired) electrons. The summed E-state index contributed by atoms with van der Waals surface area (Å²) in [5, 5.41) is 21.3. The molecule has 0 atom stereocenters. The summed E-state index contributed by atoms with van der Waals surface area (Å²) in [6.45, 7) is 1.10. The van der Waals surface area contributed by atoms with Crippen LogP contribution in [0.1, 0.15) is 12.5 Å². The van der Waals surface area contributed by atoms with E-state index in [4.69, 9.17) is 9.47 Å². The number of rotatable bonds is 5. The number of nitrogens with zero attached hydrogens (tertiary/aromatic N) is 2. The van der Waals surface area contributed by atoms with Gasteiger partial charge in [0.05, 0.1) is 17.0 Å². The van der Waals surface area contributed by atoms with E-state index in [9.17, 15) is 25.0 Å². The second-order valence-corrected chi connectivity index (χ2v) is 3.48. The Kier molecular flexibility index (Phi) is 4.73. The first-order valence-electron chi connectivity index (χ1n) is 5.22. The van der Waals surface area contributed by atoms with E-state index in [1.54, 1.807) is 0 Å². The molecule has 0 N–H and O–H groups in total. The second-order valence-electron chi connectivity index (χ2n) is 3.48. The van der Waals surface area contributed by atoms with Gasteiger partial charge in [-0.15, -0.1) is 0 Å². The summed E-state index contributed by atoms with van der Waals surface area (Å²) in [4.78, 5) is 30.8. The van der Waals surface area contributed by atoms with Crippen LogP contribution in [0.25, 0.3) is 6.08 Å². The van der Waals surface area contributed by atoms with Crippen LogP contribution in [-0.4, -0.2) is 22.9 Å². The zero-order valence-corrected chi connectivity index (χ0v) is 10.6. The maximum atomic E-state index is 11.0. The Bertz CT molecular complexity index is 595. The Labute approximate surface area is 112 Å². The third-order valence-electron chi connectivity index (χ3n) is 2.16. The van der Waals surface area contributed by atoms with Gasteiger partial charge in [0, 0.05) is 19.1 Å². The average molecular weight is 282 g/mol. The first-order valence-corrected chi connectivity index (χ1v) is 5.22. The van der Waals surface area contributed by atoms with Crippen molar-refractivity contribution >= 4 is 17.7 Å². The number of hydrogen-bond donors (Lipinski definition) is 0. The maximum Gasteiger partial charge on any atom is 0.308 e. The van der Waals surface area contributed by atoms with Gasteiger partial charge in [-0.1, -0.05) is 0 Å². The number of carbonyl (C=O) groups excluding carboxylic acids is 1. The molecule has 20 heavy (non-hydrogen) atoms. The molecule has 0 aliphatic rings. The third kappa shape index (κ3) is 3.51. The van der Waals surface area contributed by atoms with Gasteiger partial charge in [0.2, 0.25) is 6.20 Å². The van der Waals surface area contributed by atoms with Crippen LogP contribution in [0, 0.1) is 20.2 Å². The highest BCUT2D eigenvalue weighted by Gasteiger charge is 2.23. The van der Waals surface area contributed by atoms with E-state index in [0.717, 1.165) is 19.1 Å². The number of esters is 1. The molecule has 1 aromatic rings. The molecule has 0 unspecified atom stereocenters. The van der Waals surface area contributed by atoms with E-state index in [0.29, 0.717) is 6.20 Å². The quantitative estimate of drug-likeness (QED) is 0.349. The van der Waals surface area contributed by atoms with Crippen molar-refractivity contribution in [1.29, 1.82) is 0 Å². The predicted molar refractivity (Wildman–Crippen MR) is 67.0 cm³/mol. The summed E-state index contributed by atoms with van der Waals surface area (Å²) in [7, 11) is 1.27. The highest BCUT2D eigenvalue weighted by molar-refractivity contribution is 5.77. The minimum Gasteiger partial charge on any atom is -0.493 e. The van der Waals surface area contributed by atoms with Crippen molar-refractivity contribution < 1.29 is 24.1 Å². The molecule has 0 aliphatic heterocycles. The number of carbonyl (C=O) groups is 1. The minimum atomic E-state index is -0.791. The molecule has 9 nitrogen and oxygen atoms in total. The molecule has 1 aromatic carbocycles. The van der Waals surface area contributed by atoms with E-state index < -0.39 is 21.5 Å². The van der Waals surface area contributed by atoms with Gasteiger partial charge in [0.1, 0.15) is 5.56 Å². The number of nitro benzene ring substituents is 1. The zero-order chi connectivity index (χ0) is 15.3. The fourth-order valence-electron chi connectivity index (χ4n) is 1.43. The summed E-state index contributed by atoms with van der Waals surface area (Å²) in [5.74, 6) is -0.930. The first kappa shape index (κ1) is 15.1. The molecule has 0 heterocycles. The summed E-state index contributed by atoms with van der Waals surface area (Å²) in [6, 6.07) is 2.34. The van der Waals surface area contributed by atoms with Gasteiger partial charge < -0.3 is 9.47 Å². The lowest BCUT2D eigenvalue weighted by Crippen LogP contribution is -2.06. The van der Waals surface area contributed by atoms with Crippen molar-refractivity contribution in [2.45, 2.75) is 6.92 Å². The van der Waals surface area contributed by atoms with Gasteiger partial charge in [-0.3, -0.25) is 25.0 Å². The number of methoxy groups -OCH3 is 1. The van der Waals surface area contributed by atoms with Gasteiger partial charge >= 0.3 is 5.97 Å². The summed E-state index contributed by atoms with van der Waals surface area (Å²) < 4.78 is 9.77. The first-order chi connectivity index (χ1) is 9.36. The molecule has 9 heteroatoms. The lowest BCUT2D eigenvalue weighted by molar-refractivity contribution is -0.401. The van der Waals surface area contributed by atoms with E-state index >= 15 is 0 Å². The predicted octanol–water partition coefficient (Wildman–Crippen LogP) is 1.78. The van der Waals surface area contributed by atoms with E-state index in [1.165, 1.54) is 13.2 Å².